The fourth-order valence-corrected chi connectivity index (χ4v) is 1.40. The van der Waals surface area contributed by atoms with E-state index in [2.05, 4.69) is 31.1 Å². The normalized spacial score (nSPS) is 12.5. The minimum atomic E-state index is -0.234. The lowest BCUT2D eigenvalue weighted by atomic mass is 9.98. The zero-order valence-corrected chi connectivity index (χ0v) is 11.1. The predicted octanol–water partition coefficient (Wildman–Crippen LogP) is 2.34. The Balaban J connectivity index is 2.67. The summed E-state index contributed by atoms with van der Waals surface area (Å²) in [7, 11) is 0. The van der Waals surface area contributed by atoms with Gasteiger partial charge in [0, 0.05) is 6.54 Å². The first-order valence-electron chi connectivity index (χ1n) is 5.61. The molecule has 0 spiro atoms. The highest BCUT2D eigenvalue weighted by Gasteiger charge is 2.14. The molecule has 0 radical (unpaired) electrons. The van der Waals surface area contributed by atoms with Gasteiger partial charge in [-0.25, -0.2) is 4.98 Å². The maximum Gasteiger partial charge on any atom is 0.254 e. The molecule has 0 saturated heterocycles. The predicted molar refractivity (Wildman–Crippen MR) is 70.0 cm³/mol. The number of nitrogens with one attached hydrogen (secondary N) is 1. The Morgan fingerprint density at radius 3 is 2.76 bits per heavy atom. The number of carbonyl (C=O) groups is 1. The van der Waals surface area contributed by atoms with E-state index < -0.39 is 0 Å². The molecule has 0 aliphatic rings. The highest BCUT2D eigenvalue weighted by Crippen LogP contribution is 2.15. The number of halogens is 1. The summed E-state index contributed by atoms with van der Waals surface area (Å²) in [6.45, 7) is 6.93. The molecule has 1 aromatic heterocycles. The molecule has 5 heteroatoms. The molecule has 0 saturated carbocycles. The van der Waals surface area contributed by atoms with Crippen molar-refractivity contribution in [3.8, 4) is 0 Å². The van der Waals surface area contributed by atoms with Crippen LogP contribution in [0.2, 0.25) is 5.15 Å². The fourth-order valence-electron chi connectivity index (χ4n) is 1.21. The van der Waals surface area contributed by atoms with Crippen LogP contribution in [0.4, 0.5) is 5.69 Å². The lowest BCUT2D eigenvalue weighted by molar-refractivity contribution is 0.0945. The molecule has 1 amide bonds. The molecule has 0 fully saturated rings. The van der Waals surface area contributed by atoms with Crippen LogP contribution in [0.25, 0.3) is 0 Å². The van der Waals surface area contributed by atoms with Gasteiger partial charge in [-0.2, -0.15) is 0 Å². The molecule has 1 heterocycles. The number of pyridine rings is 1. The Labute approximate surface area is 107 Å². The van der Waals surface area contributed by atoms with E-state index in [0.29, 0.717) is 29.6 Å². The smallest absolute Gasteiger partial charge is 0.254 e. The standard InChI is InChI=1S/C12H18ClN3O/c1-7(2)8(3)5-16-12(17)10-4-9(14)6-15-11(10)13/h4,6-8H,5,14H2,1-3H3,(H,16,17). The van der Waals surface area contributed by atoms with Crippen LogP contribution >= 0.6 is 11.6 Å². The first kappa shape index (κ1) is 13.8. The average molecular weight is 256 g/mol. The van der Waals surface area contributed by atoms with Crippen molar-refractivity contribution in [3.05, 3.63) is 23.0 Å². The van der Waals surface area contributed by atoms with Gasteiger partial charge in [0.2, 0.25) is 0 Å². The molecule has 1 unspecified atom stereocenters. The van der Waals surface area contributed by atoms with Crippen LogP contribution in [0.15, 0.2) is 12.3 Å². The summed E-state index contributed by atoms with van der Waals surface area (Å²) in [6.07, 6.45) is 1.43. The number of amides is 1. The van der Waals surface area contributed by atoms with Crippen molar-refractivity contribution in [2.45, 2.75) is 20.8 Å². The van der Waals surface area contributed by atoms with Crippen LogP contribution in [0.3, 0.4) is 0 Å². The summed E-state index contributed by atoms with van der Waals surface area (Å²) in [5, 5.41) is 3.00. The van der Waals surface area contributed by atoms with E-state index in [0.717, 1.165) is 0 Å². The number of carbonyl (C=O) groups excluding carboxylic acids is 1. The summed E-state index contributed by atoms with van der Waals surface area (Å²) < 4.78 is 0. The number of hydrogen-bond donors (Lipinski definition) is 2. The number of nitrogens with zero attached hydrogens (tertiary/aromatic N) is 1. The van der Waals surface area contributed by atoms with Crippen LogP contribution in [0.5, 0.6) is 0 Å². The van der Waals surface area contributed by atoms with Crippen LogP contribution in [0.1, 0.15) is 31.1 Å². The number of rotatable bonds is 4. The highest BCUT2D eigenvalue weighted by atomic mass is 35.5. The second-order valence-electron chi connectivity index (χ2n) is 4.54. The van der Waals surface area contributed by atoms with Gasteiger partial charge in [0.25, 0.3) is 5.91 Å². The number of hydrogen-bond acceptors (Lipinski definition) is 3. The third kappa shape index (κ3) is 3.89. The molecular formula is C12H18ClN3O. The highest BCUT2D eigenvalue weighted by molar-refractivity contribution is 6.32. The van der Waals surface area contributed by atoms with Crippen molar-refractivity contribution in [2.24, 2.45) is 11.8 Å². The maximum absolute atomic E-state index is 11.9. The molecule has 1 aromatic rings. The lowest BCUT2D eigenvalue weighted by Crippen LogP contribution is -2.30. The number of nitrogen functional groups attached to an aromatic ring is 1. The van der Waals surface area contributed by atoms with E-state index in [1.165, 1.54) is 12.3 Å². The van der Waals surface area contributed by atoms with Crippen molar-refractivity contribution in [3.63, 3.8) is 0 Å². The topological polar surface area (TPSA) is 68.0 Å². The van der Waals surface area contributed by atoms with Crippen molar-refractivity contribution < 1.29 is 4.79 Å². The summed E-state index contributed by atoms with van der Waals surface area (Å²) >= 11 is 5.84. The number of aromatic nitrogens is 1. The van der Waals surface area contributed by atoms with Crippen LogP contribution in [0, 0.1) is 11.8 Å². The van der Waals surface area contributed by atoms with Gasteiger partial charge in [0.1, 0.15) is 5.15 Å². The van der Waals surface area contributed by atoms with E-state index >= 15 is 0 Å². The van der Waals surface area contributed by atoms with Crippen molar-refractivity contribution in [2.75, 3.05) is 12.3 Å². The Kier molecular flexibility index (Phi) is 4.75. The third-order valence-corrected chi connectivity index (χ3v) is 3.13. The van der Waals surface area contributed by atoms with Gasteiger partial charge < -0.3 is 11.1 Å². The molecule has 0 aliphatic heterocycles. The van der Waals surface area contributed by atoms with Crippen LogP contribution in [-0.4, -0.2) is 17.4 Å². The molecule has 0 aromatic carbocycles. The Morgan fingerprint density at radius 2 is 2.18 bits per heavy atom. The van der Waals surface area contributed by atoms with Gasteiger partial charge in [-0.05, 0) is 17.9 Å². The first-order chi connectivity index (χ1) is 7.91. The molecule has 1 atom stereocenters. The maximum atomic E-state index is 11.9. The summed E-state index contributed by atoms with van der Waals surface area (Å²) in [5.41, 5.74) is 6.32. The zero-order valence-electron chi connectivity index (χ0n) is 10.3. The molecule has 4 nitrogen and oxygen atoms in total. The zero-order chi connectivity index (χ0) is 13.0. The van der Waals surface area contributed by atoms with E-state index in [9.17, 15) is 4.79 Å². The summed E-state index contributed by atoms with van der Waals surface area (Å²) in [4.78, 5) is 15.7. The van der Waals surface area contributed by atoms with Crippen molar-refractivity contribution in [1.82, 2.24) is 10.3 Å². The molecule has 1 rings (SSSR count). The summed E-state index contributed by atoms with van der Waals surface area (Å²) in [5.74, 6) is 0.693. The Morgan fingerprint density at radius 1 is 1.53 bits per heavy atom. The second-order valence-corrected chi connectivity index (χ2v) is 4.90. The first-order valence-corrected chi connectivity index (χ1v) is 5.98. The quantitative estimate of drug-likeness (QED) is 0.812. The average Bonchev–Trinajstić information content (AvgIpc) is 2.28. The van der Waals surface area contributed by atoms with Crippen molar-refractivity contribution >= 4 is 23.2 Å². The summed E-state index contributed by atoms with van der Waals surface area (Å²) in [6, 6.07) is 1.53. The van der Waals surface area contributed by atoms with Gasteiger partial charge in [-0.15, -0.1) is 0 Å². The third-order valence-electron chi connectivity index (χ3n) is 2.83. The van der Waals surface area contributed by atoms with E-state index in [1.807, 2.05) is 0 Å². The number of nitrogens with two attached hydrogens (primary N) is 1. The van der Waals surface area contributed by atoms with E-state index in [-0.39, 0.29) is 11.1 Å². The van der Waals surface area contributed by atoms with Gasteiger partial charge in [0.15, 0.2) is 0 Å². The fraction of sp³-hybridized carbons (Fsp3) is 0.500. The molecule has 0 aliphatic carbocycles. The Hall–Kier alpha value is -1.29. The number of anilines is 1. The lowest BCUT2D eigenvalue weighted by Gasteiger charge is -2.16. The minimum absolute atomic E-state index is 0.175. The van der Waals surface area contributed by atoms with Gasteiger partial charge >= 0.3 is 0 Å². The SMILES string of the molecule is CC(C)C(C)CNC(=O)c1cc(N)cnc1Cl. The van der Waals surface area contributed by atoms with Gasteiger partial charge in [-0.1, -0.05) is 32.4 Å². The monoisotopic (exact) mass is 255 g/mol. The Bertz CT molecular complexity index is 407. The molecular weight excluding hydrogens is 238 g/mol. The molecule has 0 bridgehead atoms. The van der Waals surface area contributed by atoms with Crippen LogP contribution < -0.4 is 11.1 Å². The molecule has 94 valence electrons. The van der Waals surface area contributed by atoms with Crippen molar-refractivity contribution in [1.29, 1.82) is 0 Å². The van der Waals surface area contributed by atoms with Crippen LogP contribution in [-0.2, 0) is 0 Å². The molecule has 17 heavy (non-hydrogen) atoms. The second kappa shape index (κ2) is 5.87. The van der Waals surface area contributed by atoms with E-state index in [1.54, 1.807) is 0 Å². The van der Waals surface area contributed by atoms with Gasteiger partial charge in [-0.3, -0.25) is 4.79 Å². The van der Waals surface area contributed by atoms with Gasteiger partial charge in [0.05, 0.1) is 17.4 Å². The minimum Gasteiger partial charge on any atom is -0.397 e. The van der Waals surface area contributed by atoms with E-state index in [4.69, 9.17) is 17.3 Å². The molecule has 3 N–H and O–H groups in total. The largest absolute Gasteiger partial charge is 0.397 e.